The van der Waals surface area contributed by atoms with Crippen molar-refractivity contribution in [2.24, 2.45) is 0 Å². The number of carbonyl (C=O) groups excluding carboxylic acids is 2. The number of hydrogen-bond donors (Lipinski definition) is 1. The zero-order chi connectivity index (χ0) is 28.4. The zero-order valence-corrected chi connectivity index (χ0v) is 24.1. The van der Waals surface area contributed by atoms with Gasteiger partial charge < -0.3 is 10.2 Å². The molecule has 0 radical (unpaired) electrons. The van der Waals surface area contributed by atoms with E-state index in [0.29, 0.717) is 18.7 Å². The Morgan fingerprint density at radius 1 is 0.872 bits per heavy atom. The van der Waals surface area contributed by atoms with Crippen LogP contribution in [-0.2, 0) is 32.6 Å². The second-order valence-electron chi connectivity index (χ2n) is 9.97. The first-order chi connectivity index (χ1) is 18.6. The summed E-state index contributed by atoms with van der Waals surface area (Å²) in [7, 11) is -3.78. The summed E-state index contributed by atoms with van der Waals surface area (Å²) >= 11 is 0. The number of hydrogen-bond acceptors (Lipinski definition) is 4. The van der Waals surface area contributed by atoms with E-state index in [4.69, 9.17) is 0 Å². The zero-order valence-electron chi connectivity index (χ0n) is 23.3. The topological polar surface area (TPSA) is 86.8 Å². The highest BCUT2D eigenvalue weighted by Crippen LogP contribution is 2.21. The third-order valence-electron chi connectivity index (χ3n) is 6.54. The molecule has 1 atom stereocenters. The molecule has 0 aliphatic rings. The molecule has 7 nitrogen and oxygen atoms in total. The van der Waals surface area contributed by atoms with E-state index in [-0.39, 0.29) is 12.5 Å². The molecule has 0 spiro atoms. The first-order valence-corrected chi connectivity index (χ1v) is 15.1. The number of sulfonamides is 1. The molecule has 3 aromatic carbocycles. The molecule has 0 fully saturated rings. The lowest BCUT2D eigenvalue weighted by Crippen LogP contribution is -2.53. The third-order valence-corrected chi connectivity index (χ3v) is 7.68. The Hall–Kier alpha value is -3.65. The van der Waals surface area contributed by atoms with E-state index in [1.165, 1.54) is 4.90 Å². The highest BCUT2D eigenvalue weighted by atomic mass is 32.2. The van der Waals surface area contributed by atoms with Crippen LogP contribution in [0.15, 0.2) is 78.9 Å². The Bertz CT molecular complexity index is 1340. The maximum Gasteiger partial charge on any atom is 0.244 e. The molecule has 0 saturated carbocycles. The number of unbranched alkanes of at least 4 members (excludes halogenated alkanes) is 1. The van der Waals surface area contributed by atoms with E-state index in [1.54, 1.807) is 18.2 Å². The van der Waals surface area contributed by atoms with E-state index in [2.05, 4.69) is 5.32 Å². The van der Waals surface area contributed by atoms with Gasteiger partial charge >= 0.3 is 0 Å². The van der Waals surface area contributed by atoms with Crippen molar-refractivity contribution in [3.8, 4) is 0 Å². The van der Waals surface area contributed by atoms with Crippen LogP contribution in [0, 0.1) is 13.8 Å². The molecule has 0 unspecified atom stereocenters. The lowest BCUT2D eigenvalue weighted by atomic mass is 10.0. The van der Waals surface area contributed by atoms with Crippen molar-refractivity contribution in [3.63, 3.8) is 0 Å². The normalized spacial score (nSPS) is 12.0. The molecule has 1 N–H and O–H groups in total. The number of nitrogens with zero attached hydrogens (tertiary/aromatic N) is 2. The molecule has 0 aliphatic carbocycles. The summed E-state index contributed by atoms with van der Waals surface area (Å²) < 4.78 is 26.8. The van der Waals surface area contributed by atoms with Crippen LogP contribution in [0.3, 0.4) is 0 Å². The first-order valence-electron chi connectivity index (χ1n) is 13.3. The molecule has 0 aromatic heterocycles. The largest absolute Gasteiger partial charge is 0.354 e. The van der Waals surface area contributed by atoms with Crippen molar-refractivity contribution in [1.29, 1.82) is 0 Å². The van der Waals surface area contributed by atoms with Crippen LogP contribution >= 0.6 is 0 Å². The molecule has 2 amide bonds. The standard InChI is InChI=1S/C31H39N3O4S/c1-5-6-19-32-31(36)29(21-26-12-8-7-9-13-26)33(22-27-17-15-24(2)16-18-27)30(35)23-34(39(4,37)38)28-14-10-11-25(3)20-28/h7-18,20,29H,5-6,19,21-23H2,1-4H3,(H,32,36)/t29-/m0/s1. The summed E-state index contributed by atoms with van der Waals surface area (Å²) in [6.45, 7) is 6.16. The lowest BCUT2D eigenvalue weighted by molar-refractivity contribution is -0.140. The molecular weight excluding hydrogens is 510 g/mol. The molecule has 0 aliphatic heterocycles. The van der Waals surface area contributed by atoms with Crippen LogP contribution in [0.2, 0.25) is 0 Å². The van der Waals surface area contributed by atoms with E-state index in [9.17, 15) is 18.0 Å². The van der Waals surface area contributed by atoms with E-state index in [0.717, 1.165) is 45.7 Å². The van der Waals surface area contributed by atoms with Crippen molar-refractivity contribution in [3.05, 3.63) is 101 Å². The van der Waals surface area contributed by atoms with Crippen LogP contribution in [-0.4, -0.2) is 50.5 Å². The maximum atomic E-state index is 14.0. The van der Waals surface area contributed by atoms with Crippen molar-refractivity contribution >= 4 is 27.5 Å². The summed E-state index contributed by atoms with van der Waals surface area (Å²) in [5.41, 5.74) is 4.14. The van der Waals surface area contributed by atoms with Crippen LogP contribution in [0.1, 0.15) is 42.0 Å². The van der Waals surface area contributed by atoms with Gasteiger partial charge in [-0.1, -0.05) is 85.6 Å². The Kier molecular flexibility index (Phi) is 10.7. The monoisotopic (exact) mass is 549 g/mol. The van der Waals surface area contributed by atoms with Gasteiger partial charge in [-0.3, -0.25) is 13.9 Å². The minimum absolute atomic E-state index is 0.170. The van der Waals surface area contributed by atoms with Crippen molar-refractivity contribution in [2.45, 2.75) is 52.6 Å². The number of nitrogens with one attached hydrogen (secondary N) is 1. The third kappa shape index (κ3) is 8.96. The quantitative estimate of drug-likeness (QED) is 0.315. The van der Waals surface area contributed by atoms with Crippen LogP contribution < -0.4 is 9.62 Å². The summed E-state index contributed by atoms with van der Waals surface area (Å²) in [5, 5.41) is 2.99. The average Bonchev–Trinajstić information content (AvgIpc) is 2.90. The molecule has 39 heavy (non-hydrogen) atoms. The van der Waals surface area contributed by atoms with Crippen molar-refractivity contribution < 1.29 is 18.0 Å². The van der Waals surface area contributed by atoms with E-state index >= 15 is 0 Å². The highest BCUT2D eigenvalue weighted by Gasteiger charge is 2.33. The van der Waals surface area contributed by atoms with Gasteiger partial charge in [0.25, 0.3) is 0 Å². The maximum absolute atomic E-state index is 14.0. The molecular formula is C31H39N3O4S. The Labute approximate surface area is 232 Å². The van der Waals surface area contributed by atoms with Gasteiger partial charge in [0.2, 0.25) is 21.8 Å². The van der Waals surface area contributed by atoms with Gasteiger partial charge in [-0.05, 0) is 49.1 Å². The molecule has 0 saturated heterocycles. The predicted octanol–water partition coefficient (Wildman–Crippen LogP) is 4.63. The highest BCUT2D eigenvalue weighted by molar-refractivity contribution is 7.92. The van der Waals surface area contributed by atoms with Gasteiger partial charge in [-0.2, -0.15) is 0 Å². The number of amides is 2. The van der Waals surface area contributed by atoms with Gasteiger partial charge in [0.1, 0.15) is 12.6 Å². The van der Waals surface area contributed by atoms with Gasteiger partial charge in [-0.25, -0.2) is 8.42 Å². The average molecular weight is 550 g/mol. The number of benzene rings is 3. The molecule has 0 heterocycles. The SMILES string of the molecule is CCCCNC(=O)[C@H](Cc1ccccc1)N(Cc1ccc(C)cc1)C(=O)CN(c1cccc(C)c1)S(C)(=O)=O. The fourth-order valence-electron chi connectivity index (χ4n) is 4.35. The van der Waals surface area contributed by atoms with Crippen molar-refractivity contribution in [2.75, 3.05) is 23.7 Å². The first kappa shape index (κ1) is 29.9. The molecule has 3 aromatic rings. The minimum Gasteiger partial charge on any atom is -0.354 e. The Balaban J connectivity index is 2.02. The second-order valence-corrected chi connectivity index (χ2v) is 11.9. The van der Waals surface area contributed by atoms with Crippen LogP contribution in [0.5, 0.6) is 0 Å². The minimum atomic E-state index is -3.78. The summed E-state index contributed by atoms with van der Waals surface area (Å²) in [5.74, 6) is -0.705. The molecule has 208 valence electrons. The van der Waals surface area contributed by atoms with Crippen LogP contribution in [0.25, 0.3) is 0 Å². The molecule has 3 rings (SSSR count). The van der Waals surface area contributed by atoms with E-state index < -0.39 is 28.5 Å². The van der Waals surface area contributed by atoms with Crippen LogP contribution in [0.4, 0.5) is 5.69 Å². The van der Waals surface area contributed by atoms with Gasteiger partial charge in [-0.15, -0.1) is 0 Å². The summed E-state index contributed by atoms with van der Waals surface area (Å²) in [6, 6.07) is 23.5. The summed E-state index contributed by atoms with van der Waals surface area (Å²) in [6.07, 6.45) is 3.14. The van der Waals surface area contributed by atoms with Gasteiger partial charge in [0.05, 0.1) is 11.9 Å². The Morgan fingerprint density at radius 3 is 2.18 bits per heavy atom. The molecule has 8 heteroatoms. The van der Waals surface area contributed by atoms with Gasteiger partial charge in [0.15, 0.2) is 0 Å². The number of rotatable bonds is 13. The lowest BCUT2D eigenvalue weighted by Gasteiger charge is -2.33. The summed E-state index contributed by atoms with van der Waals surface area (Å²) in [4.78, 5) is 29.1. The second kappa shape index (κ2) is 13.9. The van der Waals surface area contributed by atoms with E-state index in [1.807, 2.05) is 81.4 Å². The number of anilines is 1. The molecule has 0 bridgehead atoms. The number of aryl methyl sites for hydroxylation is 2. The fourth-order valence-corrected chi connectivity index (χ4v) is 5.19. The smallest absolute Gasteiger partial charge is 0.244 e. The van der Waals surface area contributed by atoms with Gasteiger partial charge in [0, 0.05) is 19.5 Å². The Morgan fingerprint density at radius 2 is 1.56 bits per heavy atom. The van der Waals surface area contributed by atoms with Crippen molar-refractivity contribution in [1.82, 2.24) is 10.2 Å². The fraction of sp³-hybridized carbons (Fsp3) is 0.355. The number of carbonyl (C=O) groups is 2. The predicted molar refractivity (Wildman–Crippen MR) is 157 cm³/mol.